The first-order valence-corrected chi connectivity index (χ1v) is 7.92. The standard InChI is InChI=1S/C17H16N4OS/c1-10-8-11(2)20-17-13(10)14(18)15(23-17)16(22)21-19-9-12-6-4-3-5-7-12/h3-9H,18H2,1-2H3,(H,21,22)/b19-9+. The minimum absolute atomic E-state index is 0.324. The normalized spacial score (nSPS) is 11.2. The van der Waals surface area contributed by atoms with Gasteiger partial charge in [-0.25, -0.2) is 10.4 Å². The van der Waals surface area contributed by atoms with Crippen LogP contribution in [0.3, 0.4) is 0 Å². The van der Waals surface area contributed by atoms with Crippen LogP contribution >= 0.6 is 11.3 Å². The van der Waals surface area contributed by atoms with Crippen molar-refractivity contribution in [3.8, 4) is 0 Å². The molecule has 3 N–H and O–H groups in total. The second-order valence-electron chi connectivity index (χ2n) is 5.22. The molecule has 2 heterocycles. The number of hydrazone groups is 1. The lowest BCUT2D eigenvalue weighted by Crippen LogP contribution is -2.17. The Bertz CT molecular complexity index is 900. The van der Waals surface area contributed by atoms with Crippen LogP contribution in [0.4, 0.5) is 5.69 Å². The van der Waals surface area contributed by atoms with Gasteiger partial charge in [-0.15, -0.1) is 11.3 Å². The number of aromatic nitrogens is 1. The molecule has 0 radical (unpaired) electrons. The highest BCUT2D eigenvalue weighted by Crippen LogP contribution is 2.34. The number of amides is 1. The van der Waals surface area contributed by atoms with E-state index in [-0.39, 0.29) is 5.91 Å². The lowest BCUT2D eigenvalue weighted by atomic mass is 10.1. The zero-order valence-electron chi connectivity index (χ0n) is 12.8. The average Bonchev–Trinajstić information content (AvgIpc) is 2.85. The number of carbonyl (C=O) groups is 1. The molecule has 3 aromatic rings. The van der Waals surface area contributed by atoms with E-state index in [1.807, 2.05) is 50.2 Å². The van der Waals surface area contributed by atoms with Crippen LogP contribution < -0.4 is 11.2 Å². The summed E-state index contributed by atoms with van der Waals surface area (Å²) in [5.74, 6) is -0.324. The predicted molar refractivity (Wildman–Crippen MR) is 95.0 cm³/mol. The molecule has 3 rings (SSSR count). The maximum Gasteiger partial charge on any atom is 0.283 e. The smallest absolute Gasteiger partial charge is 0.283 e. The molecule has 0 aliphatic heterocycles. The molecule has 6 heteroatoms. The number of benzene rings is 1. The first kappa shape index (κ1) is 15.2. The third kappa shape index (κ3) is 3.07. The van der Waals surface area contributed by atoms with Gasteiger partial charge < -0.3 is 5.73 Å². The maximum atomic E-state index is 12.3. The van der Waals surface area contributed by atoms with Gasteiger partial charge >= 0.3 is 0 Å². The van der Waals surface area contributed by atoms with Crippen LogP contribution in [0.2, 0.25) is 0 Å². The van der Waals surface area contributed by atoms with Crippen molar-refractivity contribution < 1.29 is 4.79 Å². The molecule has 0 saturated heterocycles. The van der Waals surface area contributed by atoms with E-state index in [0.717, 1.165) is 27.0 Å². The third-order valence-electron chi connectivity index (χ3n) is 3.41. The second-order valence-corrected chi connectivity index (χ2v) is 6.21. The van der Waals surface area contributed by atoms with E-state index in [4.69, 9.17) is 5.73 Å². The number of rotatable bonds is 3. The quantitative estimate of drug-likeness (QED) is 0.573. The summed E-state index contributed by atoms with van der Waals surface area (Å²) < 4.78 is 0. The fourth-order valence-electron chi connectivity index (χ4n) is 2.39. The van der Waals surface area contributed by atoms with Crippen LogP contribution in [0.25, 0.3) is 10.2 Å². The molecule has 23 heavy (non-hydrogen) atoms. The summed E-state index contributed by atoms with van der Waals surface area (Å²) in [4.78, 5) is 18.0. The van der Waals surface area contributed by atoms with Crippen LogP contribution in [-0.2, 0) is 0 Å². The van der Waals surface area contributed by atoms with Gasteiger partial charge in [0.1, 0.15) is 9.71 Å². The molecule has 0 aliphatic carbocycles. The molecule has 1 aromatic carbocycles. The Morgan fingerprint density at radius 3 is 2.78 bits per heavy atom. The Hall–Kier alpha value is -2.73. The Kier molecular flexibility index (Phi) is 4.08. The Labute approximate surface area is 137 Å². The van der Waals surface area contributed by atoms with Crippen molar-refractivity contribution in [2.24, 2.45) is 5.10 Å². The van der Waals surface area contributed by atoms with Crippen molar-refractivity contribution in [1.82, 2.24) is 10.4 Å². The largest absolute Gasteiger partial charge is 0.397 e. The molecule has 0 unspecified atom stereocenters. The van der Waals surface area contributed by atoms with Gasteiger partial charge in [-0.3, -0.25) is 4.79 Å². The average molecular weight is 324 g/mol. The second kappa shape index (κ2) is 6.18. The van der Waals surface area contributed by atoms with E-state index in [1.165, 1.54) is 11.3 Å². The molecule has 5 nitrogen and oxygen atoms in total. The summed E-state index contributed by atoms with van der Waals surface area (Å²) in [7, 11) is 0. The van der Waals surface area contributed by atoms with Gasteiger partial charge in [0.2, 0.25) is 0 Å². The van der Waals surface area contributed by atoms with Gasteiger partial charge in [0.05, 0.1) is 11.9 Å². The Balaban J connectivity index is 1.85. The maximum absolute atomic E-state index is 12.3. The van der Waals surface area contributed by atoms with E-state index in [9.17, 15) is 4.79 Å². The van der Waals surface area contributed by atoms with Gasteiger partial charge in [-0.1, -0.05) is 30.3 Å². The van der Waals surface area contributed by atoms with Crippen LogP contribution in [0, 0.1) is 13.8 Å². The van der Waals surface area contributed by atoms with Gasteiger partial charge in [0, 0.05) is 11.1 Å². The number of aryl methyl sites for hydroxylation is 2. The van der Waals surface area contributed by atoms with E-state index in [2.05, 4.69) is 15.5 Å². The highest BCUT2D eigenvalue weighted by atomic mass is 32.1. The molecule has 0 spiro atoms. The molecular weight excluding hydrogens is 308 g/mol. The molecule has 0 aliphatic rings. The minimum Gasteiger partial charge on any atom is -0.397 e. The molecule has 1 amide bonds. The van der Waals surface area contributed by atoms with Crippen molar-refractivity contribution in [2.45, 2.75) is 13.8 Å². The first-order chi connectivity index (χ1) is 11.1. The number of hydrogen-bond acceptors (Lipinski definition) is 5. The summed E-state index contributed by atoms with van der Waals surface area (Å²) in [6.07, 6.45) is 1.59. The number of pyridine rings is 1. The number of fused-ring (bicyclic) bond motifs is 1. The number of nitrogen functional groups attached to an aromatic ring is 1. The fourth-order valence-corrected chi connectivity index (χ4v) is 3.50. The predicted octanol–water partition coefficient (Wildman–Crippen LogP) is 3.26. The van der Waals surface area contributed by atoms with Gasteiger partial charge in [0.15, 0.2) is 0 Å². The van der Waals surface area contributed by atoms with Crippen molar-refractivity contribution in [1.29, 1.82) is 0 Å². The van der Waals surface area contributed by atoms with Gasteiger partial charge in [-0.2, -0.15) is 5.10 Å². The number of anilines is 1. The molecule has 2 aromatic heterocycles. The third-order valence-corrected chi connectivity index (χ3v) is 4.51. The highest BCUT2D eigenvalue weighted by Gasteiger charge is 2.18. The highest BCUT2D eigenvalue weighted by molar-refractivity contribution is 7.21. The molecule has 0 bridgehead atoms. The van der Waals surface area contributed by atoms with Crippen LogP contribution in [-0.4, -0.2) is 17.1 Å². The summed E-state index contributed by atoms with van der Waals surface area (Å²) in [6, 6.07) is 11.5. The number of nitrogens with zero attached hydrogens (tertiary/aromatic N) is 2. The lowest BCUT2D eigenvalue weighted by Gasteiger charge is -2.00. The van der Waals surface area contributed by atoms with Crippen molar-refractivity contribution in [3.05, 3.63) is 58.1 Å². The topological polar surface area (TPSA) is 80.4 Å². The summed E-state index contributed by atoms with van der Waals surface area (Å²) >= 11 is 1.28. The number of carbonyl (C=O) groups excluding carboxylic acids is 1. The minimum atomic E-state index is -0.324. The Morgan fingerprint density at radius 1 is 1.30 bits per heavy atom. The molecule has 116 valence electrons. The summed E-state index contributed by atoms with van der Waals surface area (Å²) in [5.41, 5.74) is 11.9. The van der Waals surface area contributed by atoms with Crippen molar-refractivity contribution in [3.63, 3.8) is 0 Å². The van der Waals surface area contributed by atoms with Crippen molar-refractivity contribution in [2.75, 3.05) is 5.73 Å². The van der Waals surface area contributed by atoms with E-state index >= 15 is 0 Å². The monoisotopic (exact) mass is 324 g/mol. The zero-order chi connectivity index (χ0) is 16.4. The first-order valence-electron chi connectivity index (χ1n) is 7.11. The van der Waals surface area contributed by atoms with E-state index in [0.29, 0.717) is 10.6 Å². The molecular formula is C17H16N4OS. The van der Waals surface area contributed by atoms with Gasteiger partial charge in [-0.05, 0) is 31.0 Å². The van der Waals surface area contributed by atoms with Gasteiger partial charge in [0.25, 0.3) is 5.91 Å². The summed E-state index contributed by atoms with van der Waals surface area (Å²) in [5, 5.41) is 4.82. The van der Waals surface area contributed by atoms with Crippen molar-refractivity contribution >= 4 is 39.4 Å². The number of nitrogens with two attached hydrogens (primary N) is 1. The molecule has 0 saturated carbocycles. The van der Waals surface area contributed by atoms with E-state index in [1.54, 1.807) is 6.21 Å². The molecule has 0 atom stereocenters. The Morgan fingerprint density at radius 2 is 2.04 bits per heavy atom. The number of nitrogens with one attached hydrogen (secondary N) is 1. The SMILES string of the molecule is Cc1cc(C)c2c(N)c(C(=O)N/N=C/c3ccccc3)sc2n1. The zero-order valence-corrected chi connectivity index (χ0v) is 13.6. The number of thiophene rings is 1. The number of hydrogen-bond donors (Lipinski definition) is 2. The van der Waals surface area contributed by atoms with Crippen LogP contribution in [0.5, 0.6) is 0 Å². The molecule has 0 fully saturated rings. The van der Waals surface area contributed by atoms with E-state index < -0.39 is 0 Å². The fraction of sp³-hybridized carbons (Fsp3) is 0.118. The van der Waals surface area contributed by atoms with Crippen LogP contribution in [0.1, 0.15) is 26.5 Å². The summed E-state index contributed by atoms with van der Waals surface area (Å²) in [6.45, 7) is 3.89. The lowest BCUT2D eigenvalue weighted by molar-refractivity contribution is 0.0960. The van der Waals surface area contributed by atoms with Crippen LogP contribution in [0.15, 0.2) is 41.5 Å².